The standard InChI is InChI=1S/C13H14N2OS3/c1-8-11(19-13(17)14-8)7-12(16)15-9-3-5-10(18-2)6-4-9/h3-6H,7H2,1-2H3,(H,14,17)(H,15,16). The third-order valence-corrected chi connectivity index (χ3v) is 4.70. The predicted molar refractivity (Wildman–Crippen MR) is 84.8 cm³/mol. The smallest absolute Gasteiger partial charge is 0.229 e. The second kappa shape index (κ2) is 6.36. The molecular formula is C13H14N2OS3. The molecule has 6 heteroatoms. The molecule has 0 saturated carbocycles. The summed E-state index contributed by atoms with van der Waals surface area (Å²) in [5.74, 6) is -0.0229. The largest absolute Gasteiger partial charge is 0.341 e. The minimum atomic E-state index is -0.0229. The number of benzene rings is 1. The highest BCUT2D eigenvalue weighted by Crippen LogP contribution is 2.19. The first kappa shape index (κ1) is 14.3. The highest BCUT2D eigenvalue weighted by atomic mass is 32.2. The van der Waals surface area contributed by atoms with Crippen LogP contribution in [0.3, 0.4) is 0 Å². The van der Waals surface area contributed by atoms with Crippen molar-refractivity contribution in [2.24, 2.45) is 0 Å². The van der Waals surface area contributed by atoms with Crippen LogP contribution in [-0.2, 0) is 11.2 Å². The Hall–Kier alpha value is -1.11. The van der Waals surface area contributed by atoms with Gasteiger partial charge in [-0.2, -0.15) is 0 Å². The first-order valence-electron chi connectivity index (χ1n) is 5.71. The topological polar surface area (TPSA) is 44.9 Å². The van der Waals surface area contributed by atoms with Crippen molar-refractivity contribution >= 4 is 46.9 Å². The van der Waals surface area contributed by atoms with Crippen LogP contribution in [0.5, 0.6) is 0 Å². The summed E-state index contributed by atoms with van der Waals surface area (Å²) in [4.78, 5) is 17.1. The van der Waals surface area contributed by atoms with Gasteiger partial charge >= 0.3 is 0 Å². The number of aromatic nitrogens is 1. The molecule has 0 aliphatic carbocycles. The Morgan fingerprint density at radius 3 is 2.63 bits per heavy atom. The van der Waals surface area contributed by atoms with Crippen molar-refractivity contribution in [3.8, 4) is 0 Å². The summed E-state index contributed by atoms with van der Waals surface area (Å²) in [6.45, 7) is 1.93. The number of hydrogen-bond acceptors (Lipinski definition) is 4. The maximum absolute atomic E-state index is 11.9. The molecule has 0 spiro atoms. The zero-order valence-electron chi connectivity index (χ0n) is 10.6. The molecule has 1 amide bonds. The van der Waals surface area contributed by atoms with Gasteiger partial charge < -0.3 is 10.3 Å². The summed E-state index contributed by atoms with van der Waals surface area (Å²) < 4.78 is 0.713. The summed E-state index contributed by atoms with van der Waals surface area (Å²) in [5.41, 5.74) is 1.79. The fraction of sp³-hybridized carbons (Fsp3) is 0.231. The van der Waals surface area contributed by atoms with Crippen LogP contribution in [0, 0.1) is 10.9 Å². The zero-order valence-corrected chi connectivity index (χ0v) is 13.1. The van der Waals surface area contributed by atoms with Crippen molar-refractivity contribution in [1.82, 2.24) is 4.98 Å². The van der Waals surface area contributed by atoms with Gasteiger partial charge in [-0.3, -0.25) is 4.79 Å². The summed E-state index contributed by atoms with van der Waals surface area (Å²) in [6, 6.07) is 7.81. The molecule has 3 nitrogen and oxygen atoms in total. The van der Waals surface area contributed by atoms with E-state index >= 15 is 0 Å². The molecule has 2 aromatic rings. The number of hydrogen-bond donors (Lipinski definition) is 2. The first-order valence-corrected chi connectivity index (χ1v) is 8.16. The number of rotatable bonds is 4. The van der Waals surface area contributed by atoms with Crippen LogP contribution in [-0.4, -0.2) is 17.1 Å². The second-order valence-electron chi connectivity index (χ2n) is 4.02. The number of nitrogens with one attached hydrogen (secondary N) is 2. The molecule has 19 heavy (non-hydrogen) atoms. The Morgan fingerprint density at radius 2 is 2.11 bits per heavy atom. The molecule has 1 aromatic heterocycles. The first-order chi connectivity index (χ1) is 9.08. The van der Waals surface area contributed by atoms with Crippen LogP contribution in [0.1, 0.15) is 10.6 Å². The van der Waals surface area contributed by atoms with E-state index in [0.29, 0.717) is 10.4 Å². The number of carbonyl (C=O) groups excluding carboxylic acids is 1. The Bertz CT molecular complexity index is 628. The molecule has 0 saturated heterocycles. The van der Waals surface area contributed by atoms with E-state index in [4.69, 9.17) is 12.2 Å². The summed E-state index contributed by atoms with van der Waals surface area (Å²) >= 11 is 8.19. The van der Waals surface area contributed by atoms with Gasteiger partial charge in [-0.25, -0.2) is 0 Å². The Labute approximate surface area is 125 Å². The highest BCUT2D eigenvalue weighted by molar-refractivity contribution is 7.98. The van der Waals surface area contributed by atoms with E-state index in [9.17, 15) is 4.79 Å². The molecule has 1 aromatic carbocycles. The molecule has 0 aliphatic rings. The average molecular weight is 310 g/mol. The van der Waals surface area contributed by atoms with Gasteiger partial charge in [-0.1, -0.05) is 0 Å². The lowest BCUT2D eigenvalue weighted by atomic mass is 10.2. The van der Waals surface area contributed by atoms with Gasteiger partial charge in [0.2, 0.25) is 5.91 Å². The molecule has 0 radical (unpaired) electrons. The Morgan fingerprint density at radius 1 is 1.42 bits per heavy atom. The molecule has 0 atom stereocenters. The lowest BCUT2D eigenvalue weighted by molar-refractivity contribution is -0.115. The molecule has 2 rings (SSSR count). The second-order valence-corrected chi connectivity index (χ2v) is 6.67. The van der Waals surface area contributed by atoms with Crippen molar-refractivity contribution in [2.75, 3.05) is 11.6 Å². The van der Waals surface area contributed by atoms with Crippen molar-refractivity contribution in [3.05, 3.63) is 38.8 Å². The molecule has 2 N–H and O–H groups in total. The quantitative estimate of drug-likeness (QED) is 0.662. The van der Waals surface area contributed by atoms with E-state index in [-0.39, 0.29) is 5.91 Å². The zero-order chi connectivity index (χ0) is 13.8. The van der Waals surface area contributed by atoms with Crippen molar-refractivity contribution in [2.45, 2.75) is 18.2 Å². The lowest BCUT2D eigenvalue weighted by Crippen LogP contribution is -2.14. The van der Waals surface area contributed by atoms with E-state index in [1.807, 2.05) is 37.4 Å². The maximum Gasteiger partial charge on any atom is 0.229 e. The number of anilines is 1. The van der Waals surface area contributed by atoms with Crippen molar-refractivity contribution < 1.29 is 4.79 Å². The molecule has 0 unspecified atom stereocenters. The molecular weight excluding hydrogens is 296 g/mol. The van der Waals surface area contributed by atoms with E-state index in [2.05, 4.69) is 10.3 Å². The van der Waals surface area contributed by atoms with E-state index < -0.39 is 0 Å². The van der Waals surface area contributed by atoms with Gasteiger partial charge in [0.1, 0.15) is 0 Å². The molecule has 0 bridgehead atoms. The van der Waals surface area contributed by atoms with Gasteiger partial charge in [0.15, 0.2) is 3.95 Å². The highest BCUT2D eigenvalue weighted by Gasteiger charge is 2.08. The van der Waals surface area contributed by atoms with Crippen LogP contribution >= 0.6 is 35.3 Å². The average Bonchev–Trinajstić information content (AvgIpc) is 2.68. The van der Waals surface area contributed by atoms with Crippen LogP contribution in [0.15, 0.2) is 29.2 Å². The molecule has 100 valence electrons. The monoisotopic (exact) mass is 310 g/mol. The van der Waals surface area contributed by atoms with Crippen molar-refractivity contribution in [1.29, 1.82) is 0 Å². The van der Waals surface area contributed by atoms with Gasteiger partial charge in [0.25, 0.3) is 0 Å². The van der Waals surface area contributed by atoms with Crippen LogP contribution in [0.4, 0.5) is 5.69 Å². The number of thioether (sulfide) groups is 1. The fourth-order valence-electron chi connectivity index (χ4n) is 1.63. The summed E-state index contributed by atoms with van der Waals surface area (Å²) in [7, 11) is 0. The van der Waals surface area contributed by atoms with E-state index in [0.717, 1.165) is 16.3 Å². The number of aromatic amines is 1. The number of thiazole rings is 1. The Kier molecular flexibility index (Phi) is 4.79. The van der Waals surface area contributed by atoms with E-state index in [1.54, 1.807) is 11.8 Å². The summed E-state index contributed by atoms with van der Waals surface area (Å²) in [5, 5.41) is 2.89. The van der Waals surface area contributed by atoms with Crippen LogP contribution < -0.4 is 5.32 Å². The third-order valence-electron chi connectivity index (χ3n) is 2.62. The molecule has 0 fully saturated rings. The number of aryl methyl sites for hydroxylation is 1. The summed E-state index contributed by atoms with van der Waals surface area (Å²) in [6.07, 6.45) is 2.38. The minimum Gasteiger partial charge on any atom is -0.341 e. The van der Waals surface area contributed by atoms with Crippen LogP contribution in [0.2, 0.25) is 0 Å². The van der Waals surface area contributed by atoms with Gasteiger partial charge in [-0.05, 0) is 49.7 Å². The minimum absolute atomic E-state index is 0.0229. The van der Waals surface area contributed by atoms with Gasteiger partial charge in [0, 0.05) is 21.2 Å². The lowest BCUT2D eigenvalue weighted by Gasteiger charge is -2.05. The van der Waals surface area contributed by atoms with Crippen LogP contribution in [0.25, 0.3) is 0 Å². The SMILES string of the molecule is CSc1ccc(NC(=O)Cc2sc(=S)[nH]c2C)cc1. The predicted octanol–water partition coefficient (Wildman–Crippen LogP) is 4.02. The van der Waals surface area contributed by atoms with Gasteiger partial charge in [0.05, 0.1) is 6.42 Å². The number of H-pyrrole nitrogens is 1. The third kappa shape index (κ3) is 3.92. The molecule has 0 aliphatic heterocycles. The fourth-order valence-corrected chi connectivity index (χ4v) is 3.33. The number of amides is 1. The molecule has 1 heterocycles. The van der Waals surface area contributed by atoms with Crippen molar-refractivity contribution in [3.63, 3.8) is 0 Å². The number of carbonyl (C=O) groups is 1. The maximum atomic E-state index is 11.9. The normalized spacial score (nSPS) is 10.4. The van der Waals surface area contributed by atoms with Gasteiger partial charge in [-0.15, -0.1) is 23.1 Å². The Balaban J connectivity index is 2.00. The van der Waals surface area contributed by atoms with E-state index in [1.165, 1.54) is 16.2 Å².